The number of nitrogens with one attached hydrogen (secondary N) is 1. The second-order valence-corrected chi connectivity index (χ2v) is 5.43. The summed E-state index contributed by atoms with van der Waals surface area (Å²) in [6.45, 7) is 7.24. The van der Waals surface area contributed by atoms with Gasteiger partial charge in [0.15, 0.2) is 0 Å². The van der Waals surface area contributed by atoms with Gasteiger partial charge in [-0.3, -0.25) is 9.69 Å². The average molecular weight is 262 g/mol. The van der Waals surface area contributed by atoms with Crippen LogP contribution in [0.4, 0.5) is 0 Å². The van der Waals surface area contributed by atoms with E-state index in [1.807, 2.05) is 0 Å². The highest BCUT2D eigenvalue weighted by Gasteiger charge is 2.22. The highest BCUT2D eigenvalue weighted by molar-refractivity contribution is 5.69. The molecule has 4 nitrogen and oxygen atoms in total. The highest BCUT2D eigenvalue weighted by Crippen LogP contribution is 2.17. The minimum atomic E-state index is -0.784. The molecule has 4 heteroatoms. The third kappa shape index (κ3) is 4.04. The van der Waals surface area contributed by atoms with E-state index in [4.69, 9.17) is 5.11 Å². The van der Waals surface area contributed by atoms with Gasteiger partial charge in [-0.15, -0.1) is 0 Å². The van der Waals surface area contributed by atoms with Crippen molar-refractivity contribution in [2.24, 2.45) is 0 Å². The number of carbonyl (C=O) groups is 1. The molecule has 104 valence electrons. The molecule has 0 aromatic heterocycles. The van der Waals surface area contributed by atoms with Crippen LogP contribution >= 0.6 is 0 Å². The number of hydrogen-bond donors (Lipinski definition) is 2. The Morgan fingerprint density at radius 1 is 1.47 bits per heavy atom. The van der Waals surface area contributed by atoms with Crippen LogP contribution in [0.5, 0.6) is 0 Å². The first-order valence-electron chi connectivity index (χ1n) is 6.78. The number of hydrogen-bond acceptors (Lipinski definition) is 3. The number of aryl methyl sites for hydroxylation is 2. The first-order valence-corrected chi connectivity index (χ1v) is 6.78. The second-order valence-electron chi connectivity index (χ2n) is 5.43. The molecule has 0 saturated carbocycles. The van der Waals surface area contributed by atoms with Gasteiger partial charge >= 0.3 is 5.97 Å². The zero-order chi connectivity index (χ0) is 13.8. The summed E-state index contributed by atoms with van der Waals surface area (Å²) < 4.78 is 0. The number of nitrogens with zero attached hydrogens (tertiary/aromatic N) is 1. The van der Waals surface area contributed by atoms with Gasteiger partial charge < -0.3 is 10.4 Å². The standard InChI is InChI=1S/C15H22N2O2/c1-11-3-4-12(2)13(7-11)9-17-6-5-14(10-17)16-8-15(18)19/h3-4,7,14,16H,5-6,8-10H2,1-2H3,(H,18,19). The van der Waals surface area contributed by atoms with Crippen LogP contribution in [0.15, 0.2) is 18.2 Å². The maximum absolute atomic E-state index is 10.5. The van der Waals surface area contributed by atoms with E-state index in [9.17, 15) is 4.79 Å². The molecule has 1 saturated heterocycles. The monoisotopic (exact) mass is 262 g/mol. The molecule has 2 N–H and O–H groups in total. The van der Waals surface area contributed by atoms with Crippen molar-refractivity contribution in [1.29, 1.82) is 0 Å². The third-order valence-corrected chi connectivity index (χ3v) is 3.71. The molecule has 1 heterocycles. The Morgan fingerprint density at radius 3 is 3.00 bits per heavy atom. The molecule has 1 aliphatic heterocycles. The summed E-state index contributed by atoms with van der Waals surface area (Å²) in [6, 6.07) is 6.86. The zero-order valence-electron chi connectivity index (χ0n) is 11.6. The van der Waals surface area contributed by atoms with Crippen molar-refractivity contribution in [2.45, 2.75) is 32.9 Å². The molecular formula is C15H22N2O2. The van der Waals surface area contributed by atoms with Crippen molar-refractivity contribution in [3.8, 4) is 0 Å². The Labute approximate surface area is 114 Å². The summed E-state index contributed by atoms with van der Waals surface area (Å²) >= 11 is 0. The molecule has 0 spiro atoms. The number of rotatable bonds is 5. The summed E-state index contributed by atoms with van der Waals surface area (Å²) in [5.41, 5.74) is 3.99. The van der Waals surface area contributed by atoms with Gasteiger partial charge in [0, 0.05) is 25.7 Å². The fourth-order valence-corrected chi connectivity index (χ4v) is 2.59. The maximum atomic E-state index is 10.5. The Balaban J connectivity index is 1.87. The zero-order valence-corrected chi connectivity index (χ0v) is 11.6. The number of carboxylic acid groups (broad SMARTS) is 1. The normalized spacial score (nSPS) is 19.8. The minimum absolute atomic E-state index is 0.0575. The van der Waals surface area contributed by atoms with Crippen molar-refractivity contribution in [3.05, 3.63) is 34.9 Å². The summed E-state index contributed by atoms with van der Waals surface area (Å²) in [4.78, 5) is 12.9. The Hall–Kier alpha value is -1.39. The van der Waals surface area contributed by atoms with E-state index < -0.39 is 5.97 Å². The smallest absolute Gasteiger partial charge is 0.317 e. The second kappa shape index (κ2) is 6.17. The summed E-state index contributed by atoms with van der Waals surface area (Å²) in [6.07, 6.45) is 1.03. The molecule has 0 amide bonds. The van der Waals surface area contributed by atoms with Crippen molar-refractivity contribution < 1.29 is 9.90 Å². The van der Waals surface area contributed by atoms with Crippen molar-refractivity contribution in [3.63, 3.8) is 0 Å². The van der Waals surface area contributed by atoms with Crippen LogP contribution in [-0.4, -0.2) is 41.7 Å². The lowest BCUT2D eigenvalue weighted by Crippen LogP contribution is -2.35. The topological polar surface area (TPSA) is 52.6 Å². The molecule has 1 unspecified atom stereocenters. The maximum Gasteiger partial charge on any atom is 0.317 e. The van der Waals surface area contributed by atoms with Crippen LogP contribution in [-0.2, 0) is 11.3 Å². The van der Waals surface area contributed by atoms with Crippen molar-refractivity contribution in [1.82, 2.24) is 10.2 Å². The summed E-state index contributed by atoms with van der Waals surface area (Å²) in [5, 5.41) is 11.7. The Bertz CT molecular complexity index is 459. The molecular weight excluding hydrogens is 240 g/mol. The van der Waals surface area contributed by atoms with Crippen LogP contribution in [0, 0.1) is 13.8 Å². The molecule has 0 bridgehead atoms. The number of likely N-dealkylation sites (tertiary alicyclic amines) is 1. The van der Waals surface area contributed by atoms with E-state index in [1.165, 1.54) is 16.7 Å². The number of aliphatic carboxylic acids is 1. The molecule has 0 radical (unpaired) electrons. The molecule has 19 heavy (non-hydrogen) atoms. The van der Waals surface area contributed by atoms with E-state index in [2.05, 4.69) is 42.3 Å². The van der Waals surface area contributed by atoms with Gasteiger partial charge in [0.25, 0.3) is 0 Å². The molecule has 1 fully saturated rings. The number of benzene rings is 1. The quantitative estimate of drug-likeness (QED) is 0.845. The van der Waals surface area contributed by atoms with E-state index >= 15 is 0 Å². The van der Waals surface area contributed by atoms with Crippen LogP contribution in [0.3, 0.4) is 0 Å². The van der Waals surface area contributed by atoms with Crippen LogP contribution < -0.4 is 5.32 Å². The van der Waals surface area contributed by atoms with Crippen molar-refractivity contribution >= 4 is 5.97 Å². The summed E-state index contributed by atoms with van der Waals surface area (Å²) in [7, 11) is 0. The predicted molar refractivity (Wildman–Crippen MR) is 75.2 cm³/mol. The lowest BCUT2D eigenvalue weighted by atomic mass is 10.1. The molecule has 0 aliphatic carbocycles. The first-order chi connectivity index (χ1) is 9.04. The van der Waals surface area contributed by atoms with Crippen LogP contribution in [0.25, 0.3) is 0 Å². The lowest BCUT2D eigenvalue weighted by Gasteiger charge is -2.18. The SMILES string of the molecule is Cc1ccc(C)c(CN2CCC(NCC(=O)O)C2)c1. The average Bonchev–Trinajstić information content (AvgIpc) is 2.79. The molecule has 1 aromatic carbocycles. The first kappa shape index (κ1) is 14.0. The van der Waals surface area contributed by atoms with Gasteiger partial charge in [-0.05, 0) is 31.4 Å². The lowest BCUT2D eigenvalue weighted by molar-refractivity contribution is -0.136. The predicted octanol–water partition coefficient (Wildman–Crippen LogP) is 1.55. The Kier molecular flexibility index (Phi) is 4.56. The molecule has 1 aliphatic rings. The van der Waals surface area contributed by atoms with Crippen molar-refractivity contribution in [2.75, 3.05) is 19.6 Å². The third-order valence-electron chi connectivity index (χ3n) is 3.71. The van der Waals surface area contributed by atoms with Gasteiger partial charge in [-0.1, -0.05) is 23.8 Å². The van der Waals surface area contributed by atoms with Gasteiger partial charge in [0.2, 0.25) is 0 Å². The van der Waals surface area contributed by atoms with E-state index in [0.717, 1.165) is 26.1 Å². The molecule has 1 atom stereocenters. The fraction of sp³-hybridized carbons (Fsp3) is 0.533. The van der Waals surface area contributed by atoms with E-state index in [1.54, 1.807) is 0 Å². The molecule has 1 aromatic rings. The van der Waals surface area contributed by atoms with Crippen LogP contribution in [0.1, 0.15) is 23.1 Å². The van der Waals surface area contributed by atoms with Gasteiger partial charge in [0.1, 0.15) is 0 Å². The molecule has 2 rings (SSSR count). The summed E-state index contributed by atoms with van der Waals surface area (Å²) in [5.74, 6) is -0.784. The number of carboxylic acids is 1. The fourth-order valence-electron chi connectivity index (χ4n) is 2.59. The van der Waals surface area contributed by atoms with Gasteiger partial charge in [-0.25, -0.2) is 0 Å². The van der Waals surface area contributed by atoms with Gasteiger partial charge in [-0.2, -0.15) is 0 Å². The van der Waals surface area contributed by atoms with Crippen LogP contribution in [0.2, 0.25) is 0 Å². The van der Waals surface area contributed by atoms with Gasteiger partial charge in [0.05, 0.1) is 6.54 Å². The largest absolute Gasteiger partial charge is 0.480 e. The Morgan fingerprint density at radius 2 is 2.26 bits per heavy atom. The highest BCUT2D eigenvalue weighted by atomic mass is 16.4. The van der Waals surface area contributed by atoms with E-state index in [0.29, 0.717) is 6.04 Å². The minimum Gasteiger partial charge on any atom is -0.480 e. The van der Waals surface area contributed by atoms with E-state index in [-0.39, 0.29) is 6.54 Å².